The summed E-state index contributed by atoms with van der Waals surface area (Å²) in [6.45, 7) is 6.47. The van der Waals surface area contributed by atoms with Gasteiger partial charge in [-0.1, -0.05) is 26.7 Å². The zero-order valence-electron chi connectivity index (χ0n) is 11.2. The first-order chi connectivity index (χ1) is 8.26. The highest BCUT2D eigenvalue weighted by Gasteiger charge is 2.37. The van der Waals surface area contributed by atoms with Gasteiger partial charge in [0.15, 0.2) is 0 Å². The standard InChI is InChI=1S/C14H26N2O/c1-3-11(4-2)9-14(17)16-12-5-6-13(16)10-15-8-7-12/h11-13,15H,3-10H2,1-2H3. The molecule has 0 aromatic rings. The molecule has 2 aliphatic rings. The molecule has 2 fully saturated rings. The molecule has 3 nitrogen and oxygen atoms in total. The van der Waals surface area contributed by atoms with Crippen LogP contribution < -0.4 is 5.32 Å². The molecule has 2 rings (SSSR count). The molecule has 2 saturated heterocycles. The van der Waals surface area contributed by atoms with Gasteiger partial charge in [0.1, 0.15) is 0 Å². The Morgan fingerprint density at radius 2 is 1.94 bits per heavy atom. The van der Waals surface area contributed by atoms with E-state index in [1.807, 2.05) is 0 Å². The van der Waals surface area contributed by atoms with E-state index >= 15 is 0 Å². The molecule has 0 saturated carbocycles. The Morgan fingerprint density at radius 1 is 1.24 bits per heavy atom. The minimum Gasteiger partial charge on any atom is -0.335 e. The second-order valence-corrected chi connectivity index (χ2v) is 5.57. The van der Waals surface area contributed by atoms with Crippen molar-refractivity contribution in [3.63, 3.8) is 0 Å². The molecule has 0 aromatic heterocycles. The van der Waals surface area contributed by atoms with Crippen molar-refractivity contribution in [1.82, 2.24) is 10.2 Å². The lowest BCUT2D eigenvalue weighted by Gasteiger charge is -2.29. The van der Waals surface area contributed by atoms with Crippen molar-refractivity contribution >= 4 is 5.91 Å². The molecule has 0 aromatic carbocycles. The largest absolute Gasteiger partial charge is 0.335 e. The van der Waals surface area contributed by atoms with E-state index in [0.29, 0.717) is 23.9 Å². The maximum Gasteiger partial charge on any atom is 0.223 e. The number of nitrogens with one attached hydrogen (secondary N) is 1. The summed E-state index contributed by atoms with van der Waals surface area (Å²) in [7, 11) is 0. The van der Waals surface area contributed by atoms with Crippen LogP contribution in [-0.2, 0) is 4.79 Å². The Labute approximate surface area is 105 Å². The van der Waals surface area contributed by atoms with E-state index in [0.717, 1.165) is 38.8 Å². The van der Waals surface area contributed by atoms with Crippen LogP contribution in [0.15, 0.2) is 0 Å². The van der Waals surface area contributed by atoms with Gasteiger partial charge >= 0.3 is 0 Å². The highest BCUT2D eigenvalue weighted by Crippen LogP contribution is 2.29. The average molecular weight is 238 g/mol. The second kappa shape index (κ2) is 5.85. The molecule has 1 N–H and O–H groups in total. The van der Waals surface area contributed by atoms with Crippen LogP contribution in [0, 0.1) is 5.92 Å². The van der Waals surface area contributed by atoms with E-state index in [-0.39, 0.29) is 0 Å². The summed E-state index contributed by atoms with van der Waals surface area (Å²) in [5, 5.41) is 3.45. The Morgan fingerprint density at radius 3 is 2.65 bits per heavy atom. The predicted molar refractivity (Wildman–Crippen MR) is 69.8 cm³/mol. The van der Waals surface area contributed by atoms with Crippen LogP contribution in [0.1, 0.15) is 52.4 Å². The quantitative estimate of drug-likeness (QED) is 0.814. The fourth-order valence-corrected chi connectivity index (χ4v) is 3.32. The zero-order chi connectivity index (χ0) is 12.3. The molecule has 2 unspecified atom stereocenters. The van der Waals surface area contributed by atoms with Gasteiger partial charge in [-0.25, -0.2) is 0 Å². The van der Waals surface area contributed by atoms with Crippen LogP contribution in [-0.4, -0.2) is 36.0 Å². The molecule has 2 atom stereocenters. The Hall–Kier alpha value is -0.570. The predicted octanol–water partition coefficient (Wildman–Crippen LogP) is 2.17. The van der Waals surface area contributed by atoms with E-state index in [4.69, 9.17) is 0 Å². The third-order valence-electron chi connectivity index (χ3n) is 4.56. The normalized spacial score (nSPS) is 28.5. The lowest BCUT2D eigenvalue weighted by Crippen LogP contribution is -2.43. The molecular formula is C14H26N2O. The number of rotatable bonds is 4. The van der Waals surface area contributed by atoms with Crippen molar-refractivity contribution in [2.45, 2.75) is 64.5 Å². The van der Waals surface area contributed by atoms with Crippen LogP contribution in [0.25, 0.3) is 0 Å². The fraction of sp³-hybridized carbons (Fsp3) is 0.929. The number of fused-ring (bicyclic) bond motifs is 2. The summed E-state index contributed by atoms with van der Waals surface area (Å²) < 4.78 is 0. The van der Waals surface area contributed by atoms with Gasteiger partial charge in [0.25, 0.3) is 0 Å². The molecule has 98 valence electrons. The van der Waals surface area contributed by atoms with Crippen molar-refractivity contribution in [2.75, 3.05) is 13.1 Å². The third kappa shape index (κ3) is 2.82. The van der Waals surface area contributed by atoms with E-state index in [1.165, 1.54) is 12.8 Å². The Balaban J connectivity index is 1.98. The van der Waals surface area contributed by atoms with Crippen LogP contribution in [0.5, 0.6) is 0 Å². The molecule has 2 aliphatic heterocycles. The van der Waals surface area contributed by atoms with Gasteiger partial charge < -0.3 is 10.2 Å². The Kier molecular flexibility index (Phi) is 4.43. The number of hydrogen-bond acceptors (Lipinski definition) is 2. The summed E-state index contributed by atoms with van der Waals surface area (Å²) in [6.07, 6.45) is 6.59. The first kappa shape index (κ1) is 12.9. The van der Waals surface area contributed by atoms with E-state index in [9.17, 15) is 4.79 Å². The summed E-state index contributed by atoms with van der Waals surface area (Å²) in [4.78, 5) is 14.7. The molecule has 2 bridgehead atoms. The van der Waals surface area contributed by atoms with Gasteiger partial charge in [0.05, 0.1) is 0 Å². The van der Waals surface area contributed by atoms with Crippen molar-refractivity contribution in [1.29, 1.82) is 0 Å². The number of carbonyl (C=O) groups is 1. The van der Waals surface area contributed by atoms with Gasteiger partial charge in [-0.3, -0.25) is 4.79 Å². The molecule has 0 radical (unpaired) electrons. The minimum absolute atomic E-state index is 0.412. The molecule has 0 spiro atoms. The monoisotopic (exact) mass is 238 g/mol. The summed E-state index contributed by atoms with van der Waals surface area (Å²) in [5.74, 6) is 0.994. The van der Waals surface area contributed by atoms with E-state index in [2.05, 4.69) is 24.1 Å². The van der Waals surface area contributed by atoms with Gasteiger partial charge in [0, 0.05) is 25.0 Å². The second-order valence-electron chi connectivity index (χ2n) is 5.57. The van der Waals surface area contributed by atoms with Crippen LogP contribution >= 0.6 is 0 Å². The number of carbonyl (C=O) groups excluding carboxylic acids is 1. The summed E-state index contributed by atoms with van der Waals surface area (Å²) in [6, 6.07) is 1.00. The topological polar surface area (TPSA) is 32.3 Å². The molecule has 17 heavy (non-hydrogen) atoms. The van der Waals surface area contributed by atoms with Gasteiger partial charge in [-0.05, 0) is 31.7 Å². The van der Waals surface area contributed by atoms with Gasteiger partial charge in [0.2, 0.25) is 5.91 Å². The first-order valence-corrected chi connectivity index (χ1v) is 7.28. The van der Waals surface area contributed by atoms with Crippen LogP contribution in [0.2, 0.25) is 0 Å². The number of amides is 1. The van der Waals surface area contributed by atoms with Gasteiger partial charge in [-0.15, -0.1) is 0 Å². The van der Waals surface area contributed by atoms with Crippen molar-refractivity contribution < 1.29 is 4.79 Å². The van der Waals surface area contributed by atoms with Gasteiger partial charge in [-0.2, -0.15) is 0 Å². The van der Waals surface area contributed by atoms with Crippen LogP contribution in [0.4, 0.5) is 0 Å². The molecule has 2 heterocycles. The maximum atomic E-state index is 12.4. The molecular weight excluding hydrogens is 212 g/mol. The fourth-order valence-electron chi connectivity index (χ4n) is 3.32. The number of hydrogen-bond donors (Lipinski definition) is 1. The summed E-state index contributed by atoms with van der Waals surface area (Å²) >= 11 is 0. The van der Waals surface area contributed by atoms with Crippen molar-refractivity contribution in [2.24, 2.45) is 5.92 Å². The van der Waals surface area contributed by atoms with E-state index < -0.39 is 0 Å². The smallest absolute Gasteiger partial charge is 0.223 e. The lowest BCUT2D eigenvalue weighted by atomic mass is 9.98. The number of nitrogens with zero attached hydrogens (tertiary/aromatic N) is 1. The third-order valence-corrected chi connectivity index (χ3v) is 4.56. The molecule has 1 amide bonds. The highest BCUT2D eigenvalue weighted by atomic mass is 16.2. The molecule has 3 heteroatoms. The molecule has 0 aliphatic carbocycles. The first-order valence-electron chi connectivity index (χ1n) is 7.28. The maximum absolute atomic E-state index is 12.4. The SMILES string of the molecule is CCC(CC)CC(=O)N1C2CCNCC1CC2. The van der Waals surface area contributed by atoms with Crippen molar-refractivity contribution in [3.05, 3.63) is 0 Å². The van der Waals surface area contributed by atoms with Crippen molar-refractivity contribution in [3.8, 4) is 0 Å². The zero-order valence-corrected chi connectivity index (χ0v) is 11.2. The minimum atomic E-state index is 0.412. The Bertz CT molecular complexity index is 249. The van der Waals surface area contributed by atoms with E-state index in [1.54, 1.807) is 0 Å². The van der Waals surface area contributed by atoms with Crippen LogP contribution in [0.3, 0.4) is 0 Å². The highest BCUT2D eigenvalue weighted by molar-refractivity contribution is 5.77. The summed E-state index contributed by atoms with van der Waals surface area (Å²) in [5.41, 5.74) is 0. The lowest BCUT2D eigenvalue weighted by molar-refractivity contribution is -0.134. The average Bonchev–Trinajstić information content (AvgIpc) is 2.59.